The lowest BCUT2D eigenvalue weighted by Crippen LogP contribution is -2.19. The van der Waals surface area contributed by atoms with Gasteiger partial charge in [0.25, 0.3) is 0 Å². The molecule has 1 aromatic carbocycles. The monoisotopic (exact) mass is 212 g/mol. The van der Waals surface area contributed by atoms with E-state index in [-0.39, 0.29) is 0 Å². The highest BCUT2D eigenvalue weighted by Crippen LogP contribution is 2.28. The van der Waals surface area contributed by atoms with E-state index < -0.39 is 0 Å². The number of aryl methyl sites for hydroxylation is 1. The zero-order valence-electron chi connectivity index (χ0n) is 9.61. The minimum absolute atomic E-state index is 1.15. The van der Waals surface area contributed by atoms with Gasteiger partial charge in [-0.25, -0.2) is 4.98 Å². The van der Waals surface area contributed by atoms with E-state index in [4.69, 9.17) is 0 Å². The molecule has 2 heteroatoms. The smallest absolute Gasteiger partial charge is 0.136 e. The van der Waals surface area contributed by atoms with Gasteiger partial charge in [-0.2, -0.15) is 0 Å². The largest absolute Gasteiger partial charge is 0.356 e. The van der Waals surface area contributed by atoms with Gasteiger partial charge in [0.05, 0.1) is 0 Å². The maximum atomic E-state index is 4.61. The number of rotatable bonds is 1. The molecule has 82 valence electrons. The molecule has 1 aliphatic heterocycles. The Hall–Kier alpha value is -1.57. The third-order valence-corrected chi connectivity index (χ3v) is 3.38. The second-order valence-corrected chi connectivity index (χ2v) is 4.50. The molecule has 2 aromatic rings. The minimum atomic E-state index is 1.15. The van der Waals surface area contributed by atoms with Crippen LogP contribution in [0.15, 0.2) is 30.5 Å². The van der Waals surface area contributed by atoms with Crippen LogP contribution in [-0.2, 0) is 0 Å². The second kappa shape index (κ2) is 3.78. The molecular formula is C14H16N2. The average molecular weight is 212 g/mol. The van der Waals surface area contributed by atoms with Gasteiger partial charge in [0.1, 0.15) is 5.82 Å². The number of anilines is 1. The Labute approximate surface area is 95.9 Å². The summed E-state index contributed by atoms with van der Waals surface area (Å²) in [6.07, 6.45) is 4.59. The molecule has 0 bridgehead atoms. The van der Waals surface area contributed by atoms with Crippen molar-refractivity contribution in [3.63, 3.8) is 0 Å². The van der Waals surface area contributed by atoms with Gasteiger partial charge in [0.15, 0.2) is 0 Å². The molecule has 16 heavy (non-hydrogen) atoms. The van der Waals surface area contributed by atoms with Crippen molar-refractivity contribution >= 4 is 16.6 Å². The van der Waals surface area contributed by atoms with E-state index in [9.17, 15) is 0 Å². The Morgan fingerprint density at radius 1 is 1.06 bits per heavy atom. The van der Waals surface area contributed by atoms with Gasteiger partial charge < -0.3 is 4.90 Å². The van der Waals surface area contributed by atoms with E-state index >= 15 is 0 Å². The van der Waals surface area contributed by atoms with Gasteiger partial charge in [-0.3, -0.25) is 0 Å². The molecule has 1 aliphatic rings. The molecule has 2 nitrogen and oxygen atoms in total. The zero-order chi connectivity index (χ0) is 11.0. The van der Waals surface area contributed by atoms with E-state index in [0.717, 1.165) is 13.1 Å². The Balaban J connectivity index is 2.21. The number of hydrogen-bond acceptors (Lipinski definition) is 2. The fourth-order valence-electron chi connectivity index (χ4n) is 2.50. The van der Waals surface area contributed by atoms with E-state index in [1.807, 2.05) is 6.20 Å². The van der Waals surface area contributed by atoms with Gasteiger partial charge in [0, 0.05) is 24.7 Å². The minimum Gasteiger partial charge on any atom is -0.356 e. The summed E-state index contributed by atoms with van der Waals surface area (Å²) in [7, 11) is 0. The number of benzene rings is 1. The van der Waals surface area contributed by atoms with Crippen LogP contribution in [0.5, 0.6) is 0 Å². The zero-order valence-corrected chi connectivity index (χ0v) is 9.61. The van der Waals surface area contributed by atoms with Crippen LogP contribution in [-0.4, -0.2) is 18.1 Å². The molecule has 3 rings (SSSR count). The quantitative estimate of drug-likeness (QED) is 0.722. The Morgan fingerprint density at radius 3 is 2.50 bits per heavy atom. The molecule has 1 fully saturated rings. The molecule has 0 radical (unpaired) electrons. The summed E-state index contributed by atoms with van der Waals surface area (Å²) in [4.78, 5) is 7.02. The fourth-order valence-corrected chi connectivity index (χ4v) is 2.50. The molecular weight excluding hydrogens is 196 g/mol. The van der Waals surface area contributed by atoms with Crippen molar-refractivity contribution in [2.75, 3.05) is 18.0 Å². The number of hydrogen-bond donors (Lipinski definition) is 0. The van der Waals surface area contributed by atoms with Crippen molar-refractivity contribution in [3.05, 3.63) is 36.0 Å². The molecule has 1 saturated heterocycles. The fraction of sp³-hybridized carbons (Fsp3) is 0.357. The third-order valence-electron chi connectivity index (χ3n) is 3.38. The third kappa shape index (κ3) is 1.45. The summed E-state index contributed by atoms with van der Waals surface area (Å²) in [5.74, 6) is 1.17. The summed E-state index contributed by atoms with van der Waals surface area (Å²) >= 11 is 0. The number of fused-ring (bicyclic) bond motifs is 1. The van der Waals surface area contributed by atoms with Crippen LogP contribution in [0.1, 0.15) is 18.4 Å². The van der Waals surface area contributed by atoms with Crippen molar-refractivity contribution in [2.45, 2.75) is 19.8 Å². The predicted octanol–water partition coefficient (Wildman–Crippen LogP) is 3.14. The Kier molecular flexibility index (Phi) is 2.28. The van der Waals surface area contributed by atoms with Gasteiger partial charge in [-0.15, -0.1) is 0 Å². The summed E-state index contributed by atoms with van der Waals surface area (Å²) in [6.45, 7) is 4.43. The van der Waals surface area contributed by atoms with Crippen molar-refractivity contribution < 1.29 is 0 Å². The molecule has 0 saturated carbocycles. The van der Waals surface area contributed by atoms with Crippen LogP contribution < -0.4 is 4.90 Å². The standard InChI is InChI=1S/C14H16N2/c1-11-10-15-14(16-8-4-5-9-16)13-7-3-2-6-12(11)13/h2-3,6-7,10H,4-5,8-9H2,1H3. The molecule has 0 N–H and O–H groups in total. The maximum absolute atomic E-state index is 4.61. The SMILES string of the molecule is Cc1cnc(N2CCCC2)c2ccccc12. The van der Waals surface area contributed by atoms with Gasteiger partial charge in [0.2, 0.25) is 0 Å². The van der Waals surface area contributed by atoms with Crippen LogP contribution in [0.25, 0.3) is 10.8 Å². The lowest BCUT2D eigenvalue weighted by Gasteiger charge is -2.19. The first-order valence-electron chi connectivity index (χ1n) is 5.95. The first kappa shape index (κ1) is 9.64. The Morgan fingerprint density at radius 2 is 1.75 bits per heavy atom. The summed E-state index contributed by atoms with van der Waals surface area (Å²) in [5, 5.41) is 2.63. The van der Waals surface area contributed by atoms with Crippen LogP contribution >= 0.6 is 0 Å². The highest BCUT2D eigenvalue weighted by atomic mass is 15.2. The highest BCUT2D eigenvalue weighted by molar-refractivity contribution is 5.94. The van der Waals surface area contributed by atoms with Crippen molar-refractivity contribution in [1.82, 2.24) is 4.98 Å². The lowest BCUT2D eigenvalue weighted by molar-refractivity contribution is 0.944. The number of pyridine rings is 1. The van der Waals surface area contributed by atoms with Crippen LogP contribution in [0.4, 0.5) is 5.82 Å². The first-order valence-corrected chi connectivity index (χ1v) is 5.95. The van der Waals surface area contributed by atoms with E-state index in [1.165, 1.54) is 35.0 Å². The maximum Gasteiger partial charge on any atom is 0.136 e. The molecule has 1 aromatic heterocycles. The predicted molar refractivity (Wildman–Crippen MR) is 67.9 cm³/mol. The van der Waals surface area contributed by atoms with Crippen LogP contribution in [0.3, 0.4) is 0 Å². The van der Waals surface area contributed by atoms with E-state index in [2.05, 4.69) is 41.1 Å². The molecule has 0 amide bonds. The van der Waals surface area contributed by atoms with Crippen molar-refractivity contribution in [2.24, 2.45) is 0 Å². The van der Waals surface area contributed by atoms with Gasteiger partial charge >= 0.3 is 0 Å². The Bertz CT molecular complexity index is 513. The van der Waals surface area contributed by atoms with Gasteiger partial charge in [-0.05, 0) is 30.7 Å². The molecule has 0 atom stereocenters. The summed E-state index contributed by atoms with van der Waals surface area (Å²) in [6, 6.07) is 8.57. The summed E-state index contributed by atoms with van der Waals surface area (Å²) < 4.78 is 0. The normalized spacial score (nSPS) is 15.9. The number of aromatic nitrogens is 1. The van der Waals surface area contributed by atoms with Gasteiger partial charge in [-0.1, -0.05) is 24.3 Å². The molecule has 2 heterocycles. The average Bonchev–Trinajstić information content (AvgIpc) is 2.83. The number of nitrogens with zero attached hydrogens (tertiary/aromatic N) is 2. The van der Waals surface area contributed by atoms with Crippen LogP contribution in [0, 0.1) is 6.92 Å². The lowest BCUT2D eigenvalue weighted by atomic mass is 10.1. The molecule has 0 unspecified atom stereocenters. The first-order chi connectivity index (χ1) is 7.86. The van der Waals surface area contributed by atoms with Crippen molar-refractivity contribution in [1.29, 1.82) is 0 Å². The van der Waals surface area contributed by atoms with E-state index in [0.29, 0.717) is 0 Å². The molecule has 0 spiro atoms. The van der Waals surface area contributed by atoms with Crippen molar-refractivity contribution in [3.8, 4) is 0 Å². The topological polar surface area (TPSA) is 16.1 Å². The highest BCUT2D eigenvalue weighted by Gasteiger charge is 2.16. The summed E-state index contributed by atoms with van der Waals surface area (Å²) in [5.41, 5.74) is 1.26. The van der Waals surface area contributed by atoms with E-state index in [1.54, 1.807) is 0 Å². The second-order valence-electron chi connectivity index (χ2n) is 4.50. The van der Waals surface area contributed by atoms with Crippen LogP contribution in [0.2, 0.25) is 0 Å². The molecule has 0 aliphatic carbocycles.